The van der Waals surface area contributed by atoms with Gasteiger partial charge in [0.1, 0.15) is 5.70 Å². The second-order valence-corrected chi connectivity index (χ2v) is 8.22. The van der Waals surface area contributed by atoms with Crippen molar-refractivity contribution >= 4 is 34.8 Å². The minimum absolute atomic E-state index is 0.00424. The Labute approximate surface area is 181 Å². The van der Waals surface area contributed by atoms with Crippen molar-refractivity contribution < 1.29 is 19.1 Å². The van der Waals surface area contributed by atoms with Crippen molar-refractivity contribution in [3.05, 3.63) is 29.5 Å². The summed E-state index contributed by atoms with van der Waals surface area (Å²) in [6, 6.07) is 5.71. The molecule has 0 unspecified atom stereocenters. The first-order valence-corrected chi connectivity index (χ1v) is 11.3. The highest BCUT2D eigenvalue weighted by atomic mass is 32.2. The highest BCUT2D eigenvalue weighted by molar-refractivity contribution is 8.14. The zero-order valence-corrected chi connectivity index (χ0v) is 18.6. The highest BCUT2D eigenvalue weighted by Gasteiger charge is 2.30. The summed E-state index contributed by atoms with van der Waals surface area (Å²) in [4.78, 5) is 31.2. The van der Waals surface area contributed by atoms with Crippen LogP contribution in [-0.2, 0) is 9.59 Å². The molecule has 0 radical (unpaired) electrons. The molecule has 1 fully saturated rings. The highest BCUT2D eigenvalue weighted by Crippen LogP contribution is 2.30. The molecule has 1 aliphatic heterocycles. The van der Waals surface area contributed by atoms with E-state index in [9.17, 15) is 9.59 Å². The molecule has 1 N–H and O–H groups in total. The third-order valence-corrected chi connectivity index (χ3v) is 6.22. The number of benzene rings is 1. The number of likely N-dealkylation sites (N-methyl/N-ethyl adjacent to an activating group) is 1. The third kappa shape index (κ3) is 5.36. The van der Waals surface area contributed by atoms with E-state index in [1.54, 1.807) is 37.3 Å². The topological polar surface area (TPSA) is 80.2 Å². The van der Waals surface area contributed by atoms with Crippen LogP contribution in [0.4, 0.5) is 0 Å². The van der Waals surface area contributed by atoms with Crippen LogP contribution in [0.3, 0.4) is 0 Å². The van der Waals surface area contributed by atoms with Gasteiger partial charge in [-0.15, -0.1) is 0 Å². The first-order valence-electron chi connectivity index (χ1n) is 10.3. The molecule has 8 heteroatoms. The van der Waals surface area contributed by atoms with Crippen molar-refractivity contribution in [2.75, 3.05) is 26.5 Å². The van der Waals surface area contributed by atoms with E-state index < -0.39 is 0 Å². The summed E-state index contributed by atoms with van der Waals surface area (Å²) in [5.41, 5.74) is 1.14. The predicted octanol–water partition coefficient (Wildman–Crippen LogP) is 3.44. The van der Waals surface area contributed by atoms with Gasteiger partial charge in [0.2, 0.25) is 5.91 Å². The van der Waals surface area contributed by atoms with Crippen LogP contribution in [0.5, 0.6) is 11.5 Å². The first-order chi connectivity index (χ1) is 14.5. The Balaban J connectivity index is 1.68. The van der Waals surface area contributed by atoms with E-state index >= 15 is 0 Å². The van der Waals surface area contributed by atoms with Crippen LogP contribution in [0.1, 0.15) is 44.6 Å². The fraction of sp³-hybridized carbons (Fsp3) is 0.500. The monoisotopic (exact) mass is 431 g/mol. The van der Waals surface area contributed by atoms with Crippen molar-refractivity contribution in [3.8, 4) is 11.5 Å². The van der Waals surface area contributed by atoms with Crippen molar-refractivity contribution in [3.63, 3.8) is 0 Å². The lowest BCUT2D eigenvalue weighted by atomic mass is 9.95. The van der Waals surface area contributed by atoms with Gasteiger partial charge in [-0.1, -0.05) is 37.1 Å². The van der Waals surface area contributed by atoms with Gasteiger partial charge < -0.3 is 14.8 Å². The summed E-state index contributed by atoms with van der Waals surface area (Å²) in [7, 11) is 3.15. The summed E-state index contributed by atoms with van der Waals surface area (Å²) < 4.78 is 10.6. The lowest BCUT2D eigenvalue weighted by Crippen LogP contribution is -2.38. The van der Waals surface area contributed by atoms with Gasteiger partial charge in [0.15, 0.2) is 16.7 Å². The molecule has 0 atom stereocenters. The standard InChI is InChI=1S/C22H29N3O4S/c1-4-25-21(27)17(12-15-10-11-18(28-2)19(13-15)29-3)24-22(25)30-14-20(26)23-16-8-6-5-7-9-16/h10-13,16H,4-9,14H2,1-3H3,(H,23,26). The number of aliphatic imine (C=N–C) groups is 1. The molecule has 0 bridgehead atoms. The second-order valence-electron chi connectivity index (χ2n) is 7.28. The molecule has 0 aromatic heterocycles. The van der Waals surface area contributed by atoms with Gasteiger partial charge >= 0.3 is 0 Å². The maximum atomic E-state index is 12.8. The fourth-order valence-corrected chi connectivity index (χ4v) is 4.54. The van der Waals surface area contributed by atoms with Gasteiger partial charge in [-0.2, -0.15) is 0 Å². The molecule has 7 nitrogen and oxygen atoms in total. The second kappa shape index (κ2) is 10.5. The molecular weight excluding hydrogens is 402 g/mol. The maximum Gasteiger partial charge on any atom is 0.278 e. The predicted molar refractivity (Wildman–Crippen MR) is 120 cm³/mol. The number of carbonyl (C=O) groups is 2. The van der Waals surface area contributed by atoms with E-state index in [-0.39, 0.29) is 23.6 Å². The van der Waals surface area contributed by atoms with Crippen molar-refractivity contribution in [2.45, 2.75) is 45.1 Å². The lowest BCUT2D eigenvalue weighted by molar-refractivity contribution is -0.122. The van der Waals surface area contributed by atoms with Crippen LogP contribution in [0.25, 0.3) is 6.08 Å². The quantitative estimate of drug-likeness (QED) is 0.669. The van der Waals surface area contributed by atoms with Crippen LogP contribution < -0.4 is 14.8 Å². The zero-order chi connectivity index (χ0) is 21.5. The average molecular weight is 432 g/mol. The molecule has 1 heterocycles. The Bertz CT molecular complexity index is 847. The number of nitrogens with zero attached hydrogens (tertiary/aromatic N) is 2. The molecule has 3 rings (SSSR count). The number of amidine groups is 1. The number of rotatable bonds is 7. The molecule has 2 aliphatic rings. The fourth-order valence-electron chi connectivity index (χ4n) is 3.67. The van der Waals surface area contributed by atoms with E-state index in [4.69, 9.17) is 9.47 Å². The maximum absolute atomic E-state index is 12.8. The van der Waals surface area contributed by atoms with Crippen LogP contribution in [0.15, 0.2) is 28.9 Å². The normalized spacial score (nSPS) is 18.5. The van der Waals surface area contributed by atoms with Crippen molar-refractivity contribution in [1.82, 2.24) is 10.2 Å². The summed E-state index contributed by atoms with van der Waals surface area (Å²) >= 11 is 1.30. The number of hydrogen-bond donors (Lipinski definition) is 1. The molecule has 0 spiro atoms. The zero-order valence-electron chi connectivity index (χ0n) is 17.8. The Kier molecular flexibility index (Phi) is 7.79. The Morgan fingerprint density at radius 3 is 2.63 bits per heavy atom. The summed E-state index contributed by atoms with van der Waals surface area (Å²) in [6.45, 7) is 2.40. The van der Waals surface area contributed by atoms with Crippen LogP contribution in [0, 0.1) is 0 Å². The Hall–Kier alpha value is -2.48. The molecule has 30 heavy (non-hydrogen) atoms. The molecule has 0 saturated heterocycles. The molecule has 2 amide bonds. The third-order valence-electron chi connectivity index (χ3n) is 5.24. The Morgan fingerprint density at radius 2 is 1.97 bits per heavy atom. The number of carbonyl (C=O) groups excluding carboxylic acids is 2. The van der Waals surface area contributed by atoms with E-state index in [1.165, 1.54) is 31.0 Å². The number of hydrogen-bond acceptors (Lipinski definition) is 6. The minimum Gasteiger partial charge on any atom is -0.493 e. The molecule has 1 aromatic rings. The average Bonchev–Trinajstić information content (AvgIpc) is 3.07. The smallest absolute Gasteiger partial charge is 0.278 e. The lowest BCUT2D eigenvalue weighted by Gasteiger charge is -2.22. The number of ether oxygens (including phenoxy) is 2. The van der Waals surface area contributed by atoms with E-state index in [2.05, 4.69) is 10.3 Å². The van der Waals surface area contributed by atoms with E-state index in [0.29, 0.717) is 28.9 Å². The van der Waals surface area contributed by atoms with Gasteiger partial charge in [0.05, 0.1) is 20.0 Å². The van der Waals surface area contributed by atoms with E-state index in [1.807, 2.05) is 13.0 Å². The molecule has 1 aromatic carbocycles. The molecular formula is C22H29N3O4S. The van der Waals surface area contributed by atoms with Gasteiger partial charge in [0, 0.05) is 12.6 Å². The number of nitrogens with one attached hydrogen (secondary N) is 1. The van der Waals surface area contributed by atoms with Crippen molar-refractivity contribution in [2.24, 2.45) is 4.99 Å². The first kappa shape index (κ1) is 22.2. The van der Waals surface area contributed by atoms with Crippen LogP contribution in [0.2, 0.25) is 0 Å². The Morgan fingerprint density at radius 1 is 1.23 bits per heavy atom. The number of thioether (sulfide) groups is 1. The summed E-state index contributed by atoms with van der Waals surface area (Å²) in [5.74, 6) is 1.29. The van der Waals surface area contributed by atoms with Crippen LogP contribution in [-0.4, -0.2) is 54.4 Å². The van der Waals surface area contributed by atoms with Gasteiger partial charge in [-0.05, 0) is 43.5 Å². The number of amides is 2. The van der Waals surface area contributed by atoms with Gasteiger partial charge in [-0.25, -0.2) is 4.99 Å². The molecule has 1 aliphatic carbocycles. The molecule has 1 saturated carbocycles. The SMILES string of the molecule is CCN1C(=O)C(=Cc2ccc(OC)c(OC)c2)N=C1SCC(=O)NC1CCCCC1. The van der Waals surface area contributed by atoms with Gasteiger partial charge in [0.25, 0.3) is 5.91 Å². The largest absolute Gasteiger partial charge is 0.493 e. The molecule has 162 valence electrons. The summed E-state index contributed by atoms with van der Waals surface area (Å²) in [5, 5.41) is 3.67. The minimum atomic E-state index is -0.164. The van der Waals surface area contributed by atoms with Gasteiger partial charge in [-0.3, -0.25) is 14.5 Å². The van der Waals surface area contributed by atoms with Crippen molar-refractivity contribution in [1.29, 1.82) is 0 Å². The number of methoxy groups -OCH3 is 2. The van der Waals surface area contributed by atoms with Crippen LogP contribution >= 0.6 is 11.8 Å². The summed E-state index contributed by atoms with van der Waals surface area (Å²) in [6.07, 6.45) is 7.42. The van der Waals surface area contributed by atoms with E-state index in [0.717, 1.165) is 18.4 Å².